The molecule has 1 aliphatic rings. The van der Waals surface area contributed by atoms with E-state index in [1.54, 1.807) is 18.1 Å². The zero-order valence-electron chi connectivity index (χ0n) is 13.6. The standard InChI is InChI=1S/C19H20N2O3/c1-23-15-7-4-6-14(12-15)13-18-19(22)21(11-5-10-20)16-8-2-3-9-17(16)24-18/h2-4,6-9,12-13H,5,10-11,20H2,1H3/b18-13+. The number of hydrogen-bond acceptors (Lipinski definition) is 4. The summed E-state index contributed by atoms with van der Waals surface area (Å²) in [4.78, 5) is 14.5. The highest BCUT2D eigenvalue weighted by atomic mass is 16.5. The Hall–Kier alpha value is -2.79. The van der Waals surface area contributed by atoms with E-state index in [1.165, 1.54) is 0 Å². The third-order valence-electron chi connectivity index (χ3n) is 3.81. The van der Waals surface area contributed by atoms with Crippen LogP contribution < -0.4 is 20.1 Å². The summed E-state index contributed by atoms with van der Waals surface area (Å²) in [5.74, 6) is 1.53. The molecule has 2 N–H and O–H groups in total. The van der Waals surface area contributed by atoms with Crippen LogP contribution in [0, 0.1) is 0 Å². The maximum atomic E-state index is 12.8. The van der Waals surface area contributed by atoms with Crippen LogP contribution in [0.1, 0.15) is 12.0 Å². The van der Waals surface area contributed by atoms with E-state index in [-0.39, 0.29) is 5.91 Å². The van der Waals surface area contributed by atoms with Crippen LogP contribution in [0.5, 0.6) is 11.5 Å². The van der Waals surface area contributed by atoms with Crippen molar-refractivity contribution in [3.8, 4) is 11.5 Å². The number of methoxy groups -OCH3 is 1. The molecule has 0 radical (unpaired) electrons. The van der Waals surface area contributed by atoms with Crippen LogP contribution in [-0.4, -0.2) is 26.1 Å². The van der Waals surface area contributed by atoms with Gasteiger partial charge in [0, 0.05) is 6.54 Å². The minimum atomic E-state index is -0.162. The van der Waals surface area contributed by atoms with E-state index in [1.807, 2.05) is 48.5 Å². The molecule has 0 aliphatic carbocycles. The molecule has 2 aromatic rings. The molecule has 24 heavy (non-hydrogen) atoms. The van der Waals surface area contributed by atoms with E-state index in [0.717, 1.165) is 23.4 Å². The van der Waals surface area contributed by atoms with Gasteiger partial charge in [-0.25, -0.2) is 0 Å². The van der Waals surface area contributed by atoms with Gasteiger partial charge < -0.3 is 20.1 Å². The number of nitrogens with zero attached hydrogens (tertiary/aromatic N) is 1. The van der Waals surface area contributed by atoms with Crippen molar-refractivity contribution in [3.05, 3.63) is 59.9 Å². The first-order chi connectivity index (χ1) is 11.7. The molecule has 1 heterocycles. The number of benzene rings is 2. The summed E-state index contributed by atoms with van der Waals surface area (Å²) in [6, 6.07) is 15.0. The molecule has 0 atom stereocenters. The molecule has 2 aromatic carbocycles. The number of nitrogens with two attached hydrogens (primary N) is 1. The van der Waals surface area contributed by atoms with E-state index >= 15 is 0 Å². The number of rotatable bonds is 5. The minimum Gasteiger partial charge on any atom is -0.497 e. The summed E-state index contributed by atoms with van der Waals surface area (Å²) in [7, 11) is 1.61. The first-order valence-electron chi connectivity index (χ1n) is 7.87. The summed E-state index contributed by atoms with van der Waals surface area (Å²) in [5.41, 5.74) is 7.22. The normalized spacial score (nSPS) is 15.2. The Bertz CT molecular complexity index is 771. The molecule has 5 nitrogen and oxygen atoms in total. The van der Waals surface area contributed by atoms with Crippen molar-refractivity contribution in [2.24, 2.45) is 5.73 Å². The van der Waals surface area contributed by atoms with E-state index in [9.17, 15) is 4.79 Å². The lowest BCUT2D eigenvalue weighted by atomic mass is 10.1. The first-order valence-corrected chi connectivity index (χ1v) is 7.87. The summed E-state index contributed by atoms with van der Waals surface area (Å²) < 4.78 is 11.1. The van der Waals surface area contributed by atoms with Gasteiger partial charge in [-0.3, -0.25) is 4.79 Å². The lowest BCUT2D eigenvalue weighted by Gasteiger charge is -2.30. The Morgan fingerprint density at radius 3 is 2.83 bits per heavy atom. The second-order valence-corrected chi connectivity index (χ2v) is 5.45. The summed E-state index contributed by atoms with van der Waals surface area (Å²) in [6.45, 7) is 1.09. The number of ether oxygens (including phenoxy) is 2. The van der Waals surface area contributed by atoms with Gasteiger partial charge in [0.15, 0.2) is 11.5 Å². The van der Waals surface area contributed by atoms with Gasteiger partial charge in [0.2, 0.25) is 0 Å². The lowest BCUT2D eigenvalue weighted by molar-refractivity contribution is -0.117. The Morgan fingerprint density at radius 1 is 1.21 bits per heavy atom. The van der Waals surface area contributed by atoms with Gasteiger partial charge in [-0.2, -0.15) is 0 Å². The molecule has 5 heteroatoms. The van der Waals surface area contributed by atoms with E-state index in [4.69, 9.17) is 15.2 Å². The second kappa shape index (κ2) is 7.19. The third kappa shape index (κ3) is 3.26. The van der Waals surface area contributed by atoms with Gasteiger partial charge in [-0.05, 0) is 48.9 Å². The fraction of sp³-hybridized carbons (Fsp3) is 0.211. The zero-order chi connectivity index (χ0) is 16.9. The molecule has 0 aromatic heterocycles. The third-order valence-corrected chi connectivity index (χ3v) is 3.81. The SMILES string of the molecule is COc1cccc(/C=C2/Oc3ccccc3N(CCCN)C2=O)c1. The van der Waals surface area contributed by atoms with Gasteiger partial charge in [0.1, 0.15) is 5.75 Å². The highest BCUT2D eigenvalue weighted by Gasteiger charge is 2.29. The molecule has 1 amide bonds. The molecular formula is C19H20N2O3. The van der Waals surface area contributed by atoms with Crippen molar-refractivity contribution in [2.45, 2.75) is 6.42 Å². The van der Waals surface area contributed by atoms with Crippen molar-refractivity contribution in [2.75, 3.05) is 25.1 Å². The van der Waals surface area contributed by atoms with Crippen LogP contribution in [0.25, 0.3) is 6.08 Å². The predicted molar refractivity (Wildman–Crippen MR) is 94.1 cm³/mol. The fourth-order valence-electron chi connectivity index (χ4n) is 2.62. The highest BCUT2D eigenvalue weighted by Crippen LogP contribution is 2.35. The van der Waals surface area contributed by atoms with Crippen molar-refractivity contribution < 1.29 is 14.3 Å². The molecule has 0 spiro atoms. The molecule has 0 saturated carbocycles. The molecule has 124 valence electrons. The van der Waals surface area contributed by atoms with E-state index < -0.39 is 0 Å². The number of carbonyl (C=O) groups excluding carboxylic acids is 1. The fourth-order valence-corrected chi connectivity index (χ4v) is 2.62. The van der Waals surface area contributed by atoms with Crippen LogP contribution in [0.15, 0.2) is 54.3 Å². The largest absolute Gasteiger partial charge is 0.497 e. The number of para-hydroxylation sites is 2. The molecule has 0 fully saturated rings. The number of anilines is 1. The Balaban J connectivity index is 1.97. The van der Waals surface area contributed by atoms with Crippen LogP contribution in [0.3, 0.4) is 0 Å². The monoisotopic (exact) mass is 324 g/mol. The van der Waals surface area contributed by atoms with Gasteiger partial charge in [0.05, 0.1) is 12.8 Å². The van der Waals surface area contributed by atoms with Gasteiger partial charge >= 0.3 is 0 Å². The van der Waals surface area contributed by atoms with E-state index in [0.29, 0.717) is 24.6 Å². The molecular weight excluding hydrogens is 304 g/mol. The number of amides is 1. The zero-order valence-corrected chi connectivity index (χ0v) is 13.6. The number of hydrogen-bond donors (Lipinski definition) is 1. The minimum absolute atomic E-state index is 0.162. The van der Waals surface area contributed by atoms with Crippen LogP contribution in [-0.2, 0) is 4.79 Å². The van der Waals surface area contributed by atoms with Crippen LogP contribution >= 0.6 is 0 Å². The maximum Gasteiger partial charge on any atom is 0.294 e. The smallest absolute Gasteiger partial charge is 0.294 e. The van der Waals surface area contributed by atoms with Crippen LogP contribution in [0.4, 0.5) is 5.69 Å². The molecule has 0 saturated heterocycles. The summed E-state index contributed by atoms with van der Waals surface area (Å²) in [6.07, 6.45) is 2.46. The molecule has 0 bridgehead atoms. The van der Waals surface area contributed by atoms with Crippen molar-refractivity contribution in [1.29, 1.82) is 0 Å². The van der Waals surface area contributed by atoms with Gasteiger partial charge in [-0.15, -0.1) is 0 Å². The topological polar surface area (TPSA) is 64.8 Å². The maximum absolute atomic E-state index is 12.8. The first kappa shape index (κ1) is 16.1. The van der Waals surface area contributed by atoms with Gasteiger partial charge in [-0.1, -0.05) is 24.3 Å². The molecule has 1 aliphatic heterocycles. The predicted octanol–water partition coefficient (Wildman–Crippen LogP) is 2.81. The Labute approximate surface area is 141 Å². The average molecular weight is 324 g/mol. The molecule has 0 unspecified atom stereocenters. The van der Waals surface area contributed by atoms with Gasteiger partial charge in [0.25, 0.3) is 5.91 Å². The average Bonchev–Trinajstić information content (AvgIpc) is 2.62. The lowest BCUT2D eigenvalue weighted by Crippen LogP contribution is -2.38. The van der Waals surface area contributed by atoms with Crippen molar-refractivity contribution in [3.63, 3.8) is 0 Å². The number of fused-ring (bicyclic) bond motifs is 1. The second-order valence-electron chi connectivity index (χ2n) is 5.45. The quantitative estimate of drug-likeness (QED) is 0.859. The summed E-state index contributed by atoms with van der Waals surface area (Å²) in [5, 5.41) is 0. The van der Waals surface area contributed by atoms with E-state index in [2.05, 4.69) is 0 Å². The van der Waals surface area contributed by atoms with Crippen molar-refractivity contribution >= 4 is 17.7 Å². The Morgan fingerprint density at radius 2 is 2.04 bits per heavy atom. The van der Waals surface area contributed by atoms with Crippen molar-refractivity contribution in [1.82, 2.24) is 0 Å². The summed E-state index contributed by atoms with van der Waals surface area (Å²) >= 11 is 0. The molecule has 3 rings (SSSR count). The number of carbonyl (C=O) groups is 1. The van der Waals surface area contributed by atoms with Crippen LogP contribution in [0.2, 0.25) is 0 Å². The highest BCUT2D eigenvalue weighted by molar-refractivity contribution is 6.09. The Kier molecular flexibility index (Phi) is 4.82.